The van der Waals surface area contributed by atoms with Crippen molar-refractivity contribution >= 4 is 10.9 Å². The number of hydrogen-bond donors (Lipinski definition) is 0. The first-order valence-corrected chi connectivity index (χ1v) is 4.88. The van der Waals surface area contributed by atoms with Crippen molar-refractivity contribution < 1.29 is 4.39 Å². The second kappa shape index (κ2) is 3.12. The van der Waals surface area contributed by atoms with E-state index in [2.05, 4.69) is 18.4 Å². The SMILES string of the molecule is CCc1c(C)c2ccc(F)cc2n1C. The third kappa shape index (κ3) is 1.14. The number of benzene rings is 1. The fraction of sp³-hybridized carbons (Fsp3) is 0.333. The van der Waals surface area contributed by atoms with Crippen molar-refractivity contribution in [3.05, 3.63) is 35.3 Å². The molecule has 1 aromatic heterocycles. The van der Waals surface area contributed by atoms with Gasteiger partial charge in [0.1, 0.15) is 5.82 Å². The molecule has 0 amide bonds. The van der Waals surface area contributed by atoms with Gasteiger partial charge in [-0.05, 0) is 37.1 Å². The van der Waals surface area contributed by atoms with Gasteiger partial charge in [-0.15, -0.1) is 0 Å². The maximum Gasteiger partial charge on any atom is 0.125 e. The van der Waals surface area contributed by atoms with E-state index in [-0.39, 0.29) is 5.82 Å². The average molecular weight is 191 g/mol. The summed E-state index contributed by atoms with van der Waals surface area (Å²) in [6.07, 6.45) is 0.985. The quantitative estimate of drug-likeness (QED) is 0.652. The maximum atomic E-state index is 13.0. The minimum Gasteiger partial charge on any atom is -0.347 e. The van der Waals surface area contributed by atoms with Crippen molar-refractivity contribution in [3.8, 4) is 0 Å². The number of nitrogens with zero attached hydrogens (tertiary/aromatic N) is 1. The largest absolute Gasteiger partial charge is 0.347 e. The van der Waals surface area contributed by atoms with Crippen LogP contribution in [-0.2, 0) is 13.5 Å². The van der Waals surface area contributed by atoms with Crippen LogP contribution in [0.3, 0.4) is 0 Å². The third-order valence-corrected chi connectivity index (χ3v) is 2.90. The lowest BCUT2D eigenvalue weighted by Gasteiger charge is -2.01. The number of aryl methyl sites for hydroxylation is 2. The molecule has 0 atom stereocenters. The summed E-state index contributed by atoms with van der Waals surface area (Å²) in [6.45, 7) is 4.22. The molecule has 0 aliphatic heterocycles. The van der Waals surface area contributed by atoms with E-state index in [0.717, 1.165) is 17.3 Å². The van der Waals surface area contributed by atoms with E-state index < -0.39 is 0 Å². The van der Waals surface area contributed by atoms with Crippen LogP contribution in [0.1, 0.15) is 18.2 Å². The molecular formula is C12H14FN. The zero-order valence-electron chi connectivity index (χ0n) is 8.76. The van der Waals surface area contributed by atoms with E-state index in [0.29, 0.717) is 0 Å². The minimum absolute atomic E-state index is 0.166. The highest BCUT2D eigenvalue weighted by Crippen LogP contribution is 2.25. The van der Waals surface area contributed by atoms with Crippen LogP contribution >= 0.6 is 0 Å². The molecule has 0 radical (unpaired) electrons. The molecule has 0 N–H and O–H groups in total. The Balaban J connectivity index is 2.87. The van der Waals surface area contributed by atoms with Gasteiger partial charge in [0, 0.05) is 18.1 Å². The van der Waals surface area contributed by atoms with E-state index in [9.17, 15) is 4.39 Å². The molecule has 1 heterocycles. The summed E-state index contributed by atoms with van der Waals surface area (Å²) in [5, 5.41) is 1.16. The van der Waals surface area contributed by atoms with Crippen LogP contribution < -0.4 is 0 Å². The molecule has 0 bridgehead atoms. The summed E-state index contributed by atoms with van der Waals surface area (Å²) in [6, 6.07) is 4.98. The first-order valence-electron chi connectivity index (χ1n) is 4.88. The normalized spacial score (nSPS) is 11.1. The molecule has 0 saturated carbocycles. The van der Waals surface area contributed by atoms with Crippen molar-refractivity contribution in [2.75, 3.05) is 0 Å². The van der Waals surface area contributed by atoms with Crippen LogP contribution in [-0.4, -0.2) is 4.57 Å². The van der Waals surface area contributed by atoms with Gasteiger partial charge in [0.05, 0.1) is 5.52 Å². The van der Waals surface area contributed by atoms with Crippen LogP contribution in [0.4, 0.5) is 4.39 Å². The highest BCUT2D eigenvalue weighted by molar-refractivity contribution is 5.85. The molecule has 0 spiro atoms. The van der Waals surface area contributed by atoms with Crippen LogP contribution in [0, 0.1) is 12.7 Å². The van der Waals surface area contributed by atoms with Crippen molar-refractivity contribution in [1.82, 2.24) is 4.57 Å². The average Bonchev–Trinajstić information content (AvgIpc) is 2.39. The Kier molecular flexibility index (Phi) is 2.06. The van der Waals surface area contributed by atoms with Crippen LogP contribution in [0.5, 0.6) is 0 Å². The van der Waals surface area contributed by atoms with Gasteiger partial charge >= 0.3 is 0 Å². The van der Waals surface area contributed by atoms with Gasteiger partial charge in [0.2, 0.25) is 0 Å². The van der Waals surface area contributed by atoms with Crippen LogP contribution in [0.25, 0.3) is 10.9 Å². The predicted molar refractivity (Wildman–Crippen MR) is 57.0 cm³/mol. The van der Waals surface area contributed by atoms with E-state index in [1.807, 2.05) is 13.1 Å². The van der Waals surface area contributed by atoms with Crippen molar-refractivity contribution in [2.45, 2.75) is 20.3 Å². The molecule has 2 rings (SSSR count). The maximum absolute atomic E-state index is 13.0. The van der Waals surface area contributed by atoms with Crippen molar-refractivity contribution in [2.24, 2.45) is 7.05 Å². The summed E-state index contributed by atoms with van der Waals surface area (Å²) in [5.74, 6) is -0.166. The molecule has 0 unspecified atom stereocenters. The Labute approximate surface area is 83.2 Å². The summed E-state index contributed by atoms with van der Waals surface area (Å²) in [5.41, 5.74) is 3.54. The second-order valence-corrected chi connectivity index (χ2v) is 3.65. The molecule has 0 aliphatic rings. The summed E-state index contributed by atoms with van der Waals surface area (Å²) < 4.78 is 15.1. The van der Waals surface area contributed by atoms with Gasteiger partial charge in [-0.2, -0.15) is 0 Å². The summed E-state index contributed by atoms with van der Waals surface area (Å²) >= 11 is 0. The number of aromatic nitrogens is 1. The van der Waals surface area contributed by atoms with E-state index in [1.54, 1.807) is 6.07 Å². The molecule has 74 valence electrons. The highest BCUT2D eigenvalue weighted by Gasteiger charge is 2.09. The second-order valence-electron chi connectivity index (χ2n) is 3.65. The lowest BCUT2D eigenvalue weighted by Crippen LogP contribution is -1.95. The molecule has 0 fully saturated rings. The molecule has 2 heteroatoms. The van der Waals surface area contributed by atoms with Gasteiger partial charge < -0.3 is 4.57 Å². The Morgan fingerprint density at radius 3 is 2.71 bits per heavy atom. The monoisotopic (exact) mass is 191 g/mol. The Bertz CT molecular complexity index is 483. The van der Waals surface area contributed by atoms with Crippen molar-refractivity contribution in [3.63, 3.8) is 0 Å². The Morgan fingerprint density at radius 2 is 2.07 bits per heavy atom. The summed E-state index contributed by atoms with van der Waals surface area (Å²) in [7, 11) is 1.99. The molecule has 1 nitrogen and oxygen atoms in total. The van der Waals surface area contributed by atoms with Crippen molar-refractivity contribution in [1.29, 1.82) is 0 Å². The highest BCUT2D eigenvalue weighted by atomic mass is 19.1. The molecular weight excluding hydrogens is 177 g/mol. The number of rotatable bonds is 1. The lowest BCUT2D eigenvalue weighted by molar-refractivity contribution is 0.628. The third-order valence-electron chi connectivity index (χ3n) is 2.90. The smallest absolute Gasteiger partial charge is 0.125 e. The van der Waals surface area contributed by atoms with Gasteiger partial charge in [0.15, 0.2) is 0 Å². The van der Waals surface area contributed by atoms with E-state index in [4.69, 9.17) is 0 Å². The van der Waals surface area contributed by atoms with E-state index >= 15 is 0 Å². The van der Waals surface area contributed by atoms with Gasteiger partial charge in [-0.25, -0.2) is 4.39 Å². The van der Waals surface area contributed by atoms with Gasteiger partial charge in [-0.1, -0.05) is 6.92 Å². The molecule has 1 aromatic carbocycles. The van der Waals surface area contributed by atoms with Crippen LogP contribution in [0.15, 0.2) is 18.2 Å². The molecule has 2 aromatic rings. The Morgan fingerprint density at radius 1 is 1.36 bits per heavy atom. The topological polar surface area (TPSA) is 4.93 Å². The standard InChI is InChI=1S/C12H14FN/c1-4-11-8(2)10-6-5-9(13)7-12(10)14(11)3/h5-7H,4H2,1-3H3. The fourth-order valence-electron chi connectivity index (χ4n) is 2.15. The Hall–Kier alpha value is -1.31. The first-order chi connectivity index (χ1) is 6.65. The lowest BCUT2D eigenvalue weighted by atomic mass is 10.1. The molecule has 0 aliphatic carbocycles. The zero-order chi connectivity index (χ0) is 10.3. The van der Waals surface area contributed by atoms with Gasteiger partial charge in [-0.3, -0.25) is 0 Å². The minimum atomic E-state index is -0.166. The number of hydrogen-bond acceptors (Lipinski definition) is 0. The zero-order valence-corrected chi connectivity index (χ0v) is 8.76. The summed E-state index contributed by atoms with van der Waals surface area (Å²) in [4.78, 5) is 0. The van der Waals surface area contributed by atoms with E-state index in [1.165, 1.54) is 17.3 Å². The first kappa shape index (κ1) is 9.25. The predicted octanol–water partition coefficient (Wildman–Crippen LogP) is 3.19. The number of fused-ring (bicyclic) bond motifs is 1. The molecule has 14 heavy (non-hydrogen) atoms. The molecule has 0 saturated heterocycles. The van der Waals surface area contributed by atoms with Crippen LogP contribution in [0.2, 0.25) is 0 Å². The number of halogens is 1. The fourth-order valence-corrected chi connectivity index (χ4v) is 2.15. The van der Waals surface area contributed by atoms with Gasteiger partial charge in [0.25, 0.3) is 0 Å².